The molecule has 0 saturated carbocycles. The minimum absolute atomic E-state index is 0.413. The van der Waals surface area contributed by atoms with E-state index < -0.39 is 0 Å². The summed E-state index contributed by atoms with van der Waals surface area (Å²) in [5, 5.41) is 7.29. The molecule has 0 aliphatic heterocycles. The maximum atomic E-state index is 6.41. The molecule has 3 nitrogen and oxygen atoms in total. The Hall–Kier alpha value is -0.860. The van der Waals surface area contributed by atoms with Gasteiger partial charge in [0.05, 0.1) is 21.2 Å². The molecular formula is C18H8BrCl3IN3. The lowest BCUT2D eigenvalue weighted by molar-refractivity contribution is 1.34. The fraction of sp³-hybridized carbons (Fsp3) is 0. The monoisotopic (exact) mass is 577 g/mol. The third kappa shape index (κ3) is 3.36. The number of halogens is 5. The first kappa shape index (κ1) is 18.5. The van der Waals surface area contributed by atoms with Crippen LogP contribution in [0.25, 0.3) is 21.7 Å². The Morgan fingerprint density at radius 3 is 2.42 bits per heavy atom. The molecule has 0 aliphatic rings. The summed E-state index contributed by atoms with van der Waals surface area (Å²) >= 11 is 24.8. The number of fused-ring (bicyclic) bond motifs is 3. The van der Waals surface area contributed by atoms with Crippen molar-refractivity contribution in [3.05, 3.63) is 65.8 Å². The smallest absolute Gasteiger partial charge is 0.139 e. The molecule has 2 heterocycles. The summed E-state index contributed by atoms with van der Waals surface area (Å²) in [6.45, 7) is 0. The Labute approximate surface area is 186 Å². The topological polar surface area (TPSA) is 37.8 Å². The molecule has 0 radical (unpaired) electrons. The van der Waals surface area contributed by atoms with Gasteiger partial charge < -0.3 is 5.32 Å². The first-order chi connectivity index (χ1) is 12.4. The van der Waals surface area contributed by atoms with Crippen LogP contribution in [0.2, 0.25) is 15.2 Å². The maximum Gasteiger partial charge on any atom is 0.139 e. The van der Waals surface area contributed by atoms with E-state index in [1.165, 1.54) is 0 Å². The zero-order valence-electron chi connectivity index (χ0n) is 12.8. The number of rotatable bonds is 2. The molecule has 0 saturated heterocycles. The first-order valence-electron chi connectivity index (χ1n) is 7.39. The highest BCUT2D eigenvalue weighted by atomic mass is 127. The maximum absolute atomic E-state index is 6.41. The number of benzene rings is 2. The van der Waals surface area contributed by atoms with E-state index in [-0.39, 0.29) is 0 Å². The molecule has 0 aliphatic carbocycles. The molecule has 0 spiro atoms. The van der Waals surface area contributed by atoms with Crippen LogP contribution < -0.4 is 5.32 Å². The van der Waals surface area contributed by atoms with Gasteiger partial charge in [-0.15, -0.1) is 0 Å². The van der Waals surface area contributed by atoms with Gasteiger partial charge in [-0.25, -0.2) is 9.97 Å². The number of anilines is 2. The summed E-state index contributed by atoms with van der Waals surface area (Å²) in [6.07, 6.45) is 1.65. The molecule has 4 rings (SSSR count). The molecule has 130 valence electrons. The number of nitrogens with zero attached hydrogens (tertiary/aromatic N) is 2. The third-order valence-corrected chi connectivity index (χ3v) is 5.87. The van der Waals surface area contributed by atoms with Crippen LogP contribution in [0.4, 0.5) is 11.5 Å². The molecule has 2 aromatic carbocycles. The molecule has 8 heteroatoms. The molecular weight excluding hydrogens is 571 g/mol. The number of pyridine rings is 2. The molecule has 1 N–H and O–H groups in total. The van der Waals surface area contributed by atoms with Gasteiger partial charge >= 0.3 is 0 Å². The van der Waals surface area contributed by atoms with E-state index in [1.807, 2.05) is 36.4 Å². The second-order valence-electron chi connectivity index (χ2n) is 5.52. The van der Waals surface area contributed by atoms with E-state index in [2.05, 4.69) is 48.8 Å². The fourth-order valence-electron chi connectivity index (χ4n) is 2.75. The van der Waals surface area contributed by atoms with Crippen molar-refractivity contribution in [3.8, 4) is 0 Å². The Morgan fingerprint density at radius 1 is 0.962 bits per heavy atom. The van der Waals surface area contributed by atoms with E-state index in [4.69, 9.17) is 39.8 Å². The van der Waals surface area contributed by atoms with Gasteiger partial charge in [-0.2, -0.15) is 0 Å². The average Bonchev–Trinajstić information content (AvgIpc) is 2.58. The van der Waals surface area contributed by atoms with Gasteiger partial charge in [0, 0.05) is 30.4 Å². The van der Waals surface area contributed by atoms with Crippen molar-refractivity contribution >= 4 is 107 Å². The second-order valence-corrected chi connectivity index (χ2v) is 8.85. The Morgan fingerprint density at radius 2 is 1.69 bits per heavy atom. The Kier molecular flexibility index (Phi) is 5.18. The van der Waals surface area contributed by atoms with Crippen molar-refractivity contribution in [3.63, 3.8) is 0 Å². The molecule has 26 heavy (non-hydrogen) atoms. The number of nitrogens with one attached hydrogen (secondary N) is 1. The van der Waals surface area contributed by atoms with Crippen LogP contribution in [0, 0.1) is 3.57 Å². The lowest BCUT2D eigenvalue weighted by Crippen LogP contribution is -1.99. The third-order valence-electron chi connectivity index (χ3n) is 3.87. The minimum Gasteiger partial charge on any atom is -0.337 e. The molecule has 0 unspecified atom stereocenters. The van der Waals surface area contributed by atoms with Crippen LogP contribution in [0.15, 0.2) is 47.1 Å². The van der Waals surface area contributed by atoms with Crippen molar-refractivity contribution in [2.24, 2.45) is 0 Å². The summed E-state index contributed by atoms with van der Waals surface area (Å²) in [7, 11) is 0. The molecule has 0 amide bonds. The molecule has 0 bridgehead atoms. The molecule has 4 aromatic rings. The quantitative estimate of drug-likeness (QED) is 0.149. The van der Waals surface area contributed by atoms with Crippen molar-refractivity contribution in [2.75, 3.05) is 5.32 Å². The molecule has 0 atom stereocenters. The van der Waals surface area contributed by atoms with Gasteiger partial charge in [0.15, 0.2) is 0 Å². The van der Waals surface area contributed by atoms with Crippen LogP contribution in [-0.4, -0.2) is 9.97 Å². The number of aromatic nitrogens is 2. The highest BCUT2D eigenvalue weighted by Crippen LogP contribution is 2.39. The van der Waals surface area contributed by atoms with Gasteiger partial charge in [0.2, 0.25) is 0 Å². The summed E-state index contributed by atoms with van der Waals surface area (Å²) in [6, 6.07) is 11.4. The Balaban J connectivity index is 2.01. The lowest BCUT2D eigenvalue weighted by atomic mass is 10.1. The minimum atomic E-state index is 0.413. The molecule has 2 aromatic heterocycles. The Bertz CT molecular complexity index is 1160. The highest BCUT2D eigenvalue weighted by Gasteiger charge is 2.15. The van der Waals surface area contributed by atoms with Gasteiger partial charge in [-0.1, -0.05) is 50.7 Å². The van der Waals surface area contributed by atoms with Gasteiger partial charge in [0.25, 0.3) is 0 Å². The average molecular weight is 579 g/mol. The van der Waals surface area contributed by atoms with Crippen LogP contribution in [0.5, 0.6) is 0 Å². The summed E-state index contributed by atoms with van der Waals surface area (Å²) < 4.78 is 1.90. The second kappa shape index (κ2) is 7.28. The highest BCUT2D eigenvalue weighted by molar-refractivity contribution is 14.1. The SMILES string of the molecule is Clc1cc(I)cc(Cl)c1Nc1nc2ccc(Br)cc2c2c(Cl)nccc12. The van der Waals surface area contributed by atoms with Gasteiger partial charge in [-0.05, 0) is 59.0 Å². The van der Waals surface area contributed by atoms with E-state index in [0.29, 0.717) is 26.7 Å². The summed E-state index contributed by atoms with van der Waals surface area (Å²) in [5.41, 5.74) is 1.39. The number of hydrogen-bond donors (Lipinski definition) is 1. The largest absolute Gasteiger partial charge is 0.337 e. The summed E-state index contributed by atoms with van der Waals surface area (Å²) in [5.74, 6) is 0.615. The van der Waals surface area contributed by atoms with Crippen LogP contribution in [-0.2, 0) is 0 Å². The van der Waals surface area contributed by atoms with Crippen molar-refractivity contribution in [1.82, 2.24) is 9.97 Å². The zero-order chi connectivity index (χ0) is 18.4. The predicted molar refractivity (Wildman–Crippen MR) is 122 cm³/mol. The summed E-state index contributed by atoms with van der Waals surface area (Å²) in [4.78, 5) is 8.97. The van der Waals surface area contributed by atoms with Crippen molar-refractivity contribution in [2.45, 2.75) is 0 Å². The zero-order valence-corrected chi connectivity index (χ0v) is 18.8. The van der Waals surface area contributed by atoms with Crippen molar-refractivity contribution in [1.29, 1.82) is 0 Å². The predicted octanol–water partition coefficient (Wildman–Crippen LogP) is 7.85. The van der Waals surface area contributed by atoms with Crippen LogP contribution >= 0.6 is 73.3 Å². The first-order valence-corrected chi connectivity index (χ1v) is 10.4. The van der Waals surface area contributed by atoms with Crippen molar-refractivity contribution < 1.29 is 0 Å². The molecule has 0 fully saturated rings. The normalized spacial score (nSPS) is 11.3. The van der Waals surface area contributed by atoms with Gasteiger partial charge in [0.1, 0.15) is 11.0 Å². The van der Waals surface area contributed by atoms with Crippen LogP contribution in [0.1, 0.15) is 0 Å². The van der Waals surface area contributed by atoms with E-state index >= 15 is 0 Å². The van der Waals surface area contributed by atoms with Gasteiger partial charge in [-0.3, -0.25) is 0 Å². The van der Waals surface area contributed by atoms with E-state index in [9.17, 15) is 0 Å². The number of hydrogen-bond acceptors (Lipinski definition) is 3. The van der Waals surface area contributed by atoms with E-state index in [1.54, 1.807) is 6.20 Å². The fourth-order valence-corrected chi connectivity index (χ4v) is 4.95. The van der Waals surface area contributed by atoms with E-state index in [0.717, 1.165) is 29.7 Å². The lowest BCUT2D eigenvalue weighted by Gasteiger charge is -2.14. The van der Waals surface area contributed by atoms with Crippen LogP contribution in [0.3, 0.4) is 0 Å². The standard InChI is InChI=1S/C18H8BrCl3IN3/c19-8-1-2-14-11(5-8)15-10(3-4-24-17(15)22)18(25-14)26-16-12(20)6-9(23)7-13(16)21/h1-7H,(H,25,26).